The van der Waals surface area contributed by atoms with Crippen LogP contribution < -0.4 is 9.64 Å². The second-order valence-electron chi connectivity index (χ2n) is 8.83. The quantitative estimate of drug-likeness (QED) is 0.740. The zero-order chi connectivity index (χ0) is 21.8. The number of carboxylic acid groups (broad SMARTS) is 1. The molecule has 2 fully saturated rings. The molecule has 0 spiro atoms. The molecule has 1 aliphatic heterocycles. The van der Waals surface area contributed by atoms with Gasteiger partial charge in [0, 0.05) is 12.6 Å². The number of aromatic nitrogens is 2. The molecular weight excluding hydrogens is 394 g/mol. The average molecular weight is 426 g/mol. The van der Waals surface area contributed by atoms with Gasteiger partial charge in [0.1, 0.15) is 11.9 Å². The molecule has 1 saturated heterocycles. The maximum atomic E-state index is 11.4. The van der Waals surface area contributed by atoms with Gasteiger partial charge in [-0.15, -0.1) is 0 Å². The highest BCUT2D eigenvalue weighted by molar-refractivity contribution is 5.87. The van der Waals surface area contributed by atoms with Gasteiger partial charge in [-0.2, -0.15) is 0 Å². The first kappa shape index (κ1) is 21.6. The van der Waals surface area contributed by atoms with Crippen molar-refractivity contribution in [3.05, 3.63) is 47.5 Å². The lowest BCUT2D eigenvalue weighted by atomic mass is 9.83. The minimum atomic E-state index is -1.02. The van der Waals surface area contributed by atoms with Gasteiger partial charge in [0.05, 0.1) is 43.5 Å². The van der Waals surface area contributed by atoms with Crippen molar-refractivity contribution in [2.24, 2.45) is 11.8 Å². The number of aromatic carboxylic acids is 1. The molecule has 7 nitrogen and oxygen atoms in total. The number of pyridine rings is 2. The van der Waals surface area contributed by atoms with E-state index in [0.29, 0.717) is 30.3 Å². The highest BCUT2D eigenvalue weighted by Gasteiger charge is 2.25. The van der Waals surface area contributed by atoms with E-state index in [2.05, 4.69) is 21.8 Å². The number of hydrogen-bond acceptors (Lipinski definition) is 6. The normalized spacial score (nSPS) is 24.1. The van der Waals surface area contributed by atoms with Gasteiger partial charge in [0.25, 0.3) is 0 Å². The van der Waals surface area contributed by atoms with E-state index >= 15 is 0 Å². The first-order valence-corrected chi connectivity index (χ1v) is 11.1. The molecule has 2 aromatic heterocycles. The van der Waals surface area contributed by atoms with E-state index in [9.17, 15) is 9.90 Å². The van der Waals surface area contributed by atoms with Gasteiger partial charge in [-0.05, 0) is 43.2 Å². The molecule has 2 aliphatic rings. The summed E-state index contributed by atoms with van der Waals surface area (Å²) >= 11 is 0. The van der Waals surface area contributed by atoms with Gasteiger partial charge in [-0.25, -0.2) is 9.78 Å². The van der Waals surface area contributed by atoms with Crippen LogP contribution in [0.4, 0.5) is 5.69 Å². The average Bonchev–Trinajstić information content (AvgIpc) is 2.79. The van der Waals surface area contributed by atoms with Gasteiger partial charge in [0.15, 0.2) is 5.69 Å². The van der Waals surface area contributed by atoms with Crippen molar-refractivity contribution in [2.45, 2.75) is 45.6 Å². The Morgan fingerprint density at radius 1 is 1.26 bits per heavy atom. The Hall–Kier alpha value is -2.67. The number of hydrogen-bond donors (Lipinski definition) is 1. The highest BCUT2D eigenvalue weighted by Crippen LogP contribution is 2.30. The minimum Gasteiger partial charge on any atom is -0.492 e. The van der Waals surface area contributed by atoms with E-state index in [1.807, 2.05) is 18.3 Å². The molecule has 4 rings (SSSR count). The fourth-order valence-electron chi connectivity index (χ4n) is 4.37. The van der Waals surface area contributed by atoms with Crippen molar-refractivity contribution < 1.29 is 19.4 Å². The second kappa shape index (κ2) is 9.64. The van der Waals surface area contributed by atoms with Gasteiger partial charge in [-0.1, -0.05) is 25.8 Å². The third kappa shape index (κ3) is 5.34. The van der Waals surface area contributed by atoms with E-state index in [1.54, 1.807) is 19.2 Å². The third-order valence-corrected chi connectivity index (χ3v) is 6.40. The van der Waals surface area contributed by atoms with Crippen LogP contribution in [0.5, 0.6) is 5.75 Å². The smallest absolute Gasteiger partial charge is 0.354 e. The van der Waals surface area contributed by atoms with Crippen molar-refractivity contribution in [3.8, 4) is 5.75 Å². The fourth-order valence-corrected chi connectivity index (χ4v) is 4.37. The number of carbonyl (C=O) groups is 1. The largest absolute Gasteiger partial charge is 0.492 e. The van der Waals surface area contributed by atoms with Gasteiger partial charge >= 0.3 is 5.97 Å². The molecule has 0 radical (unpaired) electrons. The van der Waals surface area contributed by atoms with Crippen LogP contribution in [-0.2, 0) is 4.74 Å². The van der Waals surface area contributed by atoms with E-state index in [0.717, 1.165) is 30.5 Å². The molecule has 166 valence electrons. The molecule has 2 aromatic rings. The molecule has 3 heterocycles. The van der Waals surface area contributed by atoms with Crippen LogP contribution in [0.15, 0.2) is 30.6 Å². The van der Waals surface area contributed by atoms with Crippen LogP contribution >= 0.6 is 0 Å². The second-order valence-corrected chi connectivity index (χ2v) is 8.83. The van der Waals surface area contributed by atoms with Crippen molar-refractivity contribution in [1.29, 1.82) is 0 Å². The molecule has 31 heavy (non-hydrogen) atoms. The van der Waals surface area contributed by atoms with Gasteiger partial charge in [0.2, 0.25) is 0 Å². The van der Waals surface area contributed by atoms with Crippen LogP contribution in [0.25, 0.3) is 0 Å². The van der Waals surface area contributed by atoms with Crippen molar-refractivity contribution in [2.75, 3.05) is 31.2 Å². The molecule has 1 unspecified atom stereocenters. The summed E-state index contributed by atoms with van der Waals surface area (Å²) < 4.78 is 12.0. The van der Waals surface area contributed by atoms with Gasteiger partial charge in [-0.3, -0.25) is 4.98 Å². The van der Waals surface area contributed by atoms with Crippen LogP contribution in [0.1, 0.15) is 60.5 Å². The summed E-state index contributed by atoms with van der Waals surface area (Å²) in [4.78, 5) is 22.3. The number of anilines is 1. The lowest BCUT2D eigenvalue weighted by molar-refractivity contribution is 0.0367. The van der Waals surface area contributed by atoms with Crippen LogP contribution in [0.2, 0.25) is 0 Å². The number of ether oxygens (including phenoxy) is 2. The molecule has 1 aliphatic carbocycles. The Labute approximate surface area is 183 Å². The lowest BCUT2D eigenvalue weighted by Gasteiger charge is -2.34. The maximum absolute atomic E-state index is 11.4. The number of carboxylic acids is 1. The topological polar surface area (TPSA) is 84.8 Å². The summed E-state index contributed by atoms with van der Waals surface area (Å²) in [5, 5.41) is 9.37. The molecule has 1 N–H and O–H groups in total. The number of rotatable bonds is 6. The minimum absolute atomic E-state index is 0.0763. The summed E-state index contributed by atoms with van der Waals surface area (Å²) in [5.41, 5.74) is 2.34. The molecular formula is C24H31N3O4. The van der Waals surface area contributed by atoms with E-state index in [1.165, 1.54) is 25.7 Å². The maximum Gasteiger partial charge on any atom is 0.354 e. The SMILES string of the molecule is Cc1ccc(C2CN(c3cncc(OC[C@H]4CC[C@H](C)CC4)c3)CCO2)nc1C(=O)O. The predicted molar refractivity (Wildman–Crippen MR) is 118 cm³/mol. The van der Waals surface area contributed by atoms with Crippen molar-refractivity contribution in [1.82, 2.24) is 9.97 Å². The Balaban J connectivity index is 1.41. The molecule has 0 aromatic carbocycles. The summed E-state index contributed by atoms with van der Waals surface area (Å²) in [6.07, 6.45) is 8.37. The lowest BCUT2D eigenvalue weighted by Crippen LogP contribution is -2.38. The van der Waals surface area contributed by atoms with Crippen molar-refractivity contribution >= 4 is 11.7 Å². The highest BCUT2D eigenvalue weighted by atomic mass is 16.5. The molecule has 0 amide bonds. The summed E-state index contributed by atoms with van der Waals surface area (Å²) in [6, 6.07) is 5.67. The zero-order valence-electron chi connectivity index (χ0n) is 18.3. The van der Waals surface area contributed by atoms with Gasteiger partial charge < -0.3 is 19.5 Å². The van der Waals surface area contributed by atoms with E-state index in [-0.39, 0.29) is 11.8 Å². The number of morpholine rings is 1. The Morgan fingerprint density at radius 2 is 2.06 bits per heavy atom. The molecule has 0 bridgehead atoms. The van der Waals surface area contributed by atoms with Crippen molar-refractivity contribution in [3.63, 3.8) is 0 Å². The zero-order valence-corrected chi connectivity index (χ0v) is 18.3. The molecule has 1 atom stereocenters. The molecule has 7 heteroatoms. The van der Waals surface area contributed by atoms with E-state index < -0.39 is 5.97 Å². The standard InChI is InChI=1S/C24H31N3O4/c1-16-3-6-18(7-4-16)15-31-20-11-19(12-25-13-20)27-9-10-30-22(14-27)21-8-5-17(2)23(26-21)24(28)29/h5,8,11-13,16,18,22H,3-4,6-7,9-10,14-15H2,1-2H3,(H,28,29)/t16-,18-,22?. The number of aryl methyl sites for hydroxylation is 1. The monoisotopic (exact) mass is 425 g/mol. The molecule has 1 saturated carbocycles. The summed E-state index contributed by atoms with van der Waals surface area (Å²) in [5.74, 6) is 1.24. The van der Waals surface area contributed by atoms with Crippen LogP contribution in [-0.4, -0.2) is 47.3 Å². The first-order valence-electron chi connectivity index (χ1n) is 11.1. The summed E-state index contributed by atoms with van der Waals surface area (Å²) in [7, 11) is 0. The van der Waals surface area contributed by atoms with Crippen LogP contribution in [0, 0.1) is 18.8 Å². The third-order valence-electron chi connectivity index (χ3n) is 6.40. The van der Waals surface area contributed by atoms with Crippen LogP contribution in [0.3, 0.4) is 0 Å². The Morgan fingerprint density at radius 3 is 2.84 bits per heavy atom. The summed E-state index contributed by atoms with van der Waals surface area (Å²) in [6.45, 7) is 6.68. The Bertz CT molecular complexity index is 911. The fraction of sp³-hybridized carbons (Fsp3) is 0.542. The Kier molecular flexibility index (Phi) is 6.70. The predicted octanol–water partition coefficient (Wildman–Crippen LogP) is 4.27. The van der Waals surface area contributed by atoms with E-state index in [4.69, 9.17) is 9.47 Å². The number of nitrogens with zero attached hydrogens (tertiary/aromatic N) is 3. The first-order chi connectivity index (χ1) is 15.0.